The molecule has 13 heteroatoms. The number of β-lactam (4-membered cyclic amide) rings is 1. The summed E-state index contributed by atoms with van der Waals surface area (Å²) < 4.78 is 14.0. The minimum Gasteiger partial charge on any atom is -0.477 e. The summed E-state index contributed by atoms with van der Waals surface area (Å²) in [5.41, 5.74) is 1.71. The molecule has 2 aromatic heterocycles. The van der Waals surface area contributed by atoms with Crippen LogP contribution in [0.15, 0.2) is 37.2 Å². The number of rotatable bonds is 10. The van der Waals surface area contributed by atoms with Crippen molar-refractivity contribution in [1.29, 1.82) is 0 Å². The molecule has 34 heavy (non-hydrogen) atoms. The van der Waals surface area contributed by atoms with Crippen LogP contribution in [0.3, 0.4) is 0 Å². The summed E-state index contributed by atoms with van der Waals surface area (Å²) in [5.74, 6) is -1.41. The average molecular weight is 558 g/mol. The van der Waals surface area contributed by atoms with Gasteiger partial charge in [-0.25, -0.2) is 9.78 Å². The zero-order chi connectivity index (χ0) is 24.4. The Balaban J connectivity index is 1.43. The number of thioether (sulfide) groups is 2. The van der Waals surface area contributed by atoms with E-state index in [2.05, 4.69) is 17.2 Å². The number of nitrogens with zero attached hydrogens (tertiary/aromatic N) is 2. The average Bonchev–Trinajstić information content (AvgIpc) is 3.50. The third-order valence-corrected chi connectivity index (χ3v) is 11.9. The van der Waals surface area contributed by atoms with Crippen molar-refractivity contribution in [1.82, 2.24) is 15.2 Å². The normalized spacial score (nSPS) is 20.6. The molecule has 0 aromatic carbocycles. The first-order valence-electron chi connectivity index (χ1n) is 10.6. The molecule has 8 nitrogen and oxygen atoms in total. The summed E-state index contributed by atoms with van der Waals surface area (Å²) in [7, 11) is -1.48. The number of thiophene rings is 1. The monoisotopic (exact) mass is 557 g/mol. The van der Waals surface area contributed by atoms with Crippen LogP contribution in [0.1, 0.15) is 24.5 Å². The summed E-state index contributed by atoms with van der Waals surface area (Å²) in [4.78, 5) is 43.2. The quantitative estimate of drug-likeness (QED) is 0.338. The molecule has 4 heterocycles. The van der Waals surface area contributed by atoms with Crippen molar-refractivity contribution in [2.24, 2.45) is 0 Å². The van der Waals surface area contributed by atoms with Crippen LogP contribution < -0.4 is 5.32 Å². The molecule has 2 aliphatic heterocycles. The van der Waals surface area contributed by atoms with Gasteiger partial charge in [0, 0.05) is 11.5 Å². The molecule has 2 aliphatic rings. The Labute approximate surface area is 216 Å². The lowest BCUT2D eigenvalue weighted by atomic mass is 10.0. The van der Waals surface area contributed by atoms with Crippen molar-refractivity contribution >= 4 is 74.8 Å². The number of hydrogen-bond acceptors (Lipinski definition) is 9. The molecule has 1 fully saturated rings. The number of aryl methyl sites for hydroxylation is 2. The van der Waals surface area contributed by atoms with E-state index in [1.54, 1.807) is 40.6 Å². The largest absolute Gasteiger partial charge is 0.477 e. The smallest absolute Gasteiger partial charge is 0.352 e. The van der Waals surface area contributed by atoms with Crippen molar-refractivity contribution in [2.75, 3.05) is 17.3 Å². The second-order valence-electron chi connectivity index (χ2n) is 7.47. The molecule has 2 amide bonds. The van der Waals surface area contributed by atoms with Crippen LogP contribution in [-0.2, 0) is 38.0 Å². The van der Waals surface area contributed by atoms with Gasteiger partial charge in [0.2, 0.25) is 5.91 Å². The lowest BCUT2D eigenvalue weighted by molar-refractivity contribution is -0.150. The highest BCUT2D eigenvalue weighted by atomic mass is 32.2. The van der Waals surface area contributed by atoms with Crippen LogP contribution in [0, 0.1) is 0 Å². The number of carbonyl (C=O) groups excluding carboxylic acids is 2. The van der Waals surface area contributed by atoms with E-state index in [0.717, 1.165) is 27.8 Å². The van der Waals surface area contributed by atoms with Crippen molar-refractivity contribution in [2.45, 2.75) is 46.5 Å². The fourth-order valence-electron chi connectivity index (χ4n) is 3.62. The number of fused-ring (bicyclic) bond motifs is 1. The number of amides is 2. The number of aromatic nitrogens is 1. The van der Waals surface area contributed by atoms with E-state index in [9.17, 15) is 23.7 Å². The van der Waals surface area contributed by atoms with Gasteiger partial charge in [-0.3, -0.25) is 18.7 Å². The van der Waals surface area contributed by atoms with Gasteiger partial charge in [-0.1, -0.05) is 19.9 Å². The summed E-state index contributed by atoms with van der Waals surface area (Å²) in [6.45, 7) is 4.10. The Hall–Kier alpha value is -1.67. The Morgan fingerprint density at radius 2 is 2.15 bits per heavy atom. The Kier molecular flexibility index (Phi) is 8.18. The molecule has 3 atom stereocenters. The molecule has 0 saturated carbocycles. The molecule has 0 bridgehead atoms. The van der Waals surface area contributed by atoms with Gasteiger partial charge in [0.1, 0.15) is 22.9 Å². The number of hydrogen-bond donors (Lipinski definition) is 2. The first kappa shape index (κ1) is 25.4. The SMILES string of the molecule is CCc1nc(CC)c(SCC2=C(C(=O)O)N3C(=O)C(NC(=O)CS(=O)c4cccs4)[C@H]3SC2)s1. The second kappa shape index (κ2) is 10.9. The number of carboxylic acid groups (broad SMARTS) is 1. The standard InChI is InChI=1S/C21H23N3O5S5/c1-3-12-21(33-14(4-2)22-12)32-9-11-8-31-19-16(18(26)24(19)17(11)20(27)28)23-13(25)10-34(29)15-6-5-7-30-15/h5-7,16,19H,3-4,8-10H2,1-2H3,(H,23,25)(H,27,28)/t16?,19-,34?/m1/s1. The van der Waals surface area contributed by atoms with E-state index < -0.39 is 40.0 Å². The van der Waals surface area contributed by atoms with Crippen LogP contribution in [0.4, 0.5) is 0 Å². The van der Waals surface area contributed by atoms with Gasteiger partial charge >= 0.3 is 5.97 Å². The fourth-order valence-corrected chi connectivity index (χ4v) is 9.43. The summed E-state index contributed by atoms with van der Waals surface area (Å²) in [6, 6.07) is 2.64. The molecule has 0 spiro atoms. The van der Waals surface area contributed by atoms with Crippen LogP contribution >= 0.6 is 46.2 Å². The van der Waals surface area contributed by atoms with E-state index in [0.29, 0.717) is 21.3 Å². The highest BCUT2D eigenvalue weighted by Gasteiger charge is 2.54. The van der Waals surface area contributed by atoms with E-state index >= 15 is 0 Å². The lowest BCUT2D eigenvalue weighted by Crippen LogP contribution is -2.70. The Morgan fingerprint density at radius 1 is 1.35 bits per heavy atom. The molecule has 2 unspecified atom stereocenters. The predicted molar refractivity (Wildman–Crippen MR) is 137 cm³/mol. The highest BCUT2D eigenvalue weighted by Crippen LogP contribution is 2.42. The molecular formula is C21H23N3O5S5. The third kappa shape index (κ3) is 5.13. The van der Waals surface area contributed by atoms with Crippen molar-refractivity contribution < 1.29 is 23.7 Å². The molecule has 0 aliphatic carbocycles. The van der Waals surface area contributed by atoms with E-state index in [1.165, 1.54) is 28.0 Å². The zero-order valence-electron chi connectivity index (χ0n) is 18.4. The van der Waals surface area contributed by atoms with Crippen LogP contribution in [-0.4, -0.2) is 65.7 Å². The molecule has 0 radical (unpaired) electrons. The minimum atomic E-state index is -1.48. The molecule has 2 aromatic rings. The number of aliphatic carboxylic acids is 1. The third-order valence-electron chi connectivity index (χ3n) is 5.27. The fraction of sp³-hybridized carbons (Fsp3) is 0.429. The zero-order valence-corrected chi connectivity index (χ0v) is 22.5. The van der Waals surface area contributed by atoms with Gasteiger partial charge in [0.05, 0.1) is 29.9 Å². The molecule has 2 N–H and O–H groups in total. The second-order valence-corrected chi connectivity index (χ2v) is 13.5. The van der Waals surface area contributed by atoms with Gasteiger partial charge in [0.15, 0.2) is 0 Å². The Bertz CT molecular complexity index is 1160. The highest BCUT2D eigenvalue weighted by molar-refractivity contribution is 8.02. The maximum Gasteiger partial charge on any atom is 0.352 e. The summed E-state index contributed by atoms with van der Waals surface area (Å²) in [5, 5.41) is 14.9. The van der Waals surface area contributed by atoms with E-state index in [1.807, 2.05) is 6.92 Å². The van der Waals surface area contributed by atoms with E-state index in [4.69, 9.17) is 0 Å². The molecule has 4 rings (SSSR count). The number of thiazole rings is 1. The number of carboxylic acids is 1. The van der Waals surface area contributed by atoms with Crippen molar-refractivity contribution in [3.05, 3.63) is 39.5 Å². The molecular weight excluding hydrogens is 535 g/mol. The summed E-state index contributed by atoms with van der Waals surface area (Å²) in [6.07, 6.45) is 1.67. The topological polar surface area (TPSA) is 117 Å². The van der Waals surface area contributed by atoms with E-state index in [-0.39, 0.29) is 11.4 Å². The number of carbonyl (C=O) groups is 3. The van der Waals surface area contributed by atoms with Crippen LogP contribution in [0.2, 0.25) is 0 Å². The van der Waals surface area contributed by atoms with Crippen molar-refractivity contribution in [3.8, 4) is 0 Å². The number of nitrogens with one attached hydrogen (secondary N) is 1. The lowest BCUT2D eigenvalue weighted by Gasteiger charge is -2.49. The van der Waals surface area contributed by atoms with Crippen LogP contribution in [0.5, 0.6) is 0 Å². The maximum atomic E-state index is 12.8. The van der Waals surface area contributed by atoms with Crippen LogP contribution in [0.25, 0.3) is 0 Å². The first-order valence-corrected chi connectivity index (χ1v) is 15.6. The van der Waals surface area contributed by atoms with Gasteiger partial charge in [-0.2, -0.15) is 0 Å². The van der Waals surface area contributed by atoms with Gasteiger partial charge in [-0.15, -0.1) is 46.2 Å². The Morgan fingerprint density at radius 3 is 2.79 bits per heavy atom. The maximum absolute atomic E-state index is 12.8. The molecule has 1 saturated heterocycles. The summed E-state index contributed by atoms with van der Waals surface area (Å²) >= 11 is 5.94. The van der Waals surface area contributed by atoms with Gasteiger partial charge in [-0.05, 0) is 29.9 Å². The predicted octanol–water partition coefficient (Wildman–Crippen LogP) is 2.97. The van der Waals surface area contributed by atoms with Gasteiger partial charge in [0.25, 0.3) is 5.91 Å². The van der Waals surface area contributed by atoms with Crippen molar-refractivity contribution in [3.63, 3.8) is 0 Å². The molecule has 182 valence electrons. The van der Waals surface area contributed by atoms with Gasteiger partial charge < -0.3 is 10.4 Å². The minimum absolute atomic E-state index is 0.00666. The first-order chi connectivity index (χ1) is 16.3.